The Bertz CT molecular complexity index is 1050. The second-order valence-corrected chi connectivity index (χ2v) is 7.66. The Balaban J connectivity index is 2.26. The van der Waals surface area contributed by atoms with Crippen molar-refractivity contribution >= 4 is 51.6 Å². The summed E-state index contributed by atoms with van der Waals surface area (Å²) in [5, 5.41) is 1.98. The molecule has 0 N–H and O–H groups in total. The lowest BCUT2D eigenvalue weighted by atomic mass is 9.97. The van der Waals surface area contributed by atoms with Gasteiger partial charge >= 0.3 is 0 Å². The van der Waals surface area contributed by atoms with E-state index in [1.807, 2.05) is 38.4 Å². The molecule has 1 unspecified atom stereocenters. The topological polar surface area (TPSA) is 25.2 Å². The number of hydrogen-bond donors (Lipinski definition) is 0. The van der Waals surface area contributed by atoms with E-state index in [0.29, 0.717) is 26.1 Å². The molecular weight excluding hydrogens is 379 g/mol. The van der Waals surface area contributed by atoms with Crippen LogP contribution in [0.1, 0.15) is 28.9 Å². The van der Waals surface area contributed by atoms with Crippen LogP contribution in [0.3, 0.4) is 0 Å². The Labute approximate surface area is 160 Å². The van der Waals surface area contributed by atoms with Crippen molar-refractivity contribution in [3.63, 3.8) is 0 Å². The highest BCUT2D eigenvalue weighted by Gasteiger charge is 2.36. The molecule has 0 amide bonds. The molecule has 1 aliphatic heterocycles. The van der Waals surface area contributed by atoms with E-state index in [4.69, 9.17) is 34.8 Å². The molecule has 128 valence electrons. The average Bonchev–Trinajstić information content (AvgIpc) is 3.07. The number of carbonyl (C=O) groups is 1. The summed E-state index contributed by atoms with van der Waals surface area (Å²) in [6, 6.07) is 9.21. The molecule has 0 aliphatic carbocycles. The Hall–Kier alpha value is -1.52. The van der Waals surface area contributed by atoms with E-state index in [1.54, 1.807) is 10.6 Å². The molecular formula is C19H15Cl3N2O. The summed E-state index contributed by atoms with van der Waals surface area (Å²) >= 11 is 19.3. The zero-order valence-corrected chi connectivity index (χ0v) is 16.2. The Kier molecular flexibility index (Phi) is 3.89. The molecule has 0 saturated heterocycles. The van der Waals surface area contributed by atoms with E-state index in [0.717, 1.165) is 22.2 Å². The molecule has 2 heterocycles. The lowest BCUT2D eigenvalue weighted by Crippen LogP contribution is -2.17. The van der Waals surface area contributed by atoms with Crippen LogP contribution in [0, 0.1) is 0 Å². The first-order valence-corrected chi connectivity index (χ1v) is 9.00. The first-order chi connectivity index (χ1) is 11.8. The molecule has 1 aromatic heterocycles. The Morgan fingerprint density at radius 1 is 1.04 bits per heavy atom. The first kappa shape index (κ1) is 16.9. The fourth-order valence-corrected chi connectivity index (χ4v) is 4.32. The molecule has 3 aromatic rings. The number of nitrogens with zero attached hydrogens (tertiary/aromatic N) is 2. The molecule has 0 spiro atoms. The van der Waals surface area contributed by atoms with Crippen molar-refractivity contribution in [2.45, 2.75) is 13.0 Å². The van der Waals surface area contributed by atoms with Crippen molar-refractivity contribution < 1.29 is 4.79 Å². The lowest BCUT2D eigenvalue weighted by Gasteiger charge is -2.21. The van der Waals surface area contributed by atoms with Crippen LogP contribution in [0.5, 0.6) is 0 Å². The number of hydrogen-bond acceptors (Lipinski definition) is 2. The van der Waals surface area contributed by atoms with Crippen LogP contribution in [0.2, 0.25) is 15.1 Å². The molecule has 1 atom stereocenters. The average molecular weight is 394 g/mol. The summed E-state index contributed by atoms with van der Waals surface area (Å²) in [7, 11) is 3.98. The highest BCUT2D eigenvalue weighted by atomic mass is 35.5. The largest absolute Gasteiger partial charge is 0.303 e. The second-order valence-electron chi connectivity index (χ2n) is 6.47. The van der Waals surface area contributed by atoms with Crippen LogP contribution < -0.4 is 0 Å². The Morgan fingerprint density at radius 3 is 2.32 bits per heavy atom. The van der Waals surface area contributed by atoms with Crippen molar-refractivity contribution in [3.8, 4) is 11.3 Å². The van der Waals surface area contributed by atoms with Crippen LogP contribution in [0.4, 0.5) is 0 Å². The molecule has 0 radical (unpaired) electrons. The number of aromatic nitrogens is 1. The number of rotatable bonds is 2. The summed E-state index contributed by atoms with van der Waals surface area (Å²) in [6.45, 7) is 2.08. The molecule has 2 aromatic carbocycles. The molecule has 6 heteroatoms. The van der Waals surface area contributed by atoms with E-state index >= 15 is 0 Å². The van der Waals surface area contributed by atoms with Crippen molar-refractivity contribution in [3.05, 3.63) is 56.5 Å². The van der Waals surface area contributed by atoms with Gasteiger partial charge in [0.05, 0.1) is 26.3 Å². The van der Waals surface area contributed by atoms with Gasteiger partial charge in [0.2, 0.25) is 0 Å². The zero-order chi connectivity index (χ0) is 18.0. The predicted molar refractivity (Wildman–Crippen MR) is 104 cm³/mol. The minimum atomic E-state index is -0.0897. The summed E-state index contributed by atoms with van der Waals surface area (Å²) in [4.78, 5) is 15.1. The molecule has 25 heavy (non-hydrogen) atoms. The zero-order valence-electron chi connectivity index (χ0n) is 13.9. The highest BCUT2D eigenvalue weighted by molar-refractivity contribution is 6.48. The highest BCUT2D eigenvalue weighted by Crippen LogP contribution is 2.49. The molecule has 3 nitrogen and oxygen atoms in total. The van der Waals surface area contributed by atoms with Crippen LogP contribution >= 0.6 is 34.8 Å². The lowest BCUT2D eigenvalue weighted by molar-refractivity contribution is 0.0973. The molecule has 0 saturated carbocycles. The third kappa shape index (κ3) is 2.20. The van der Waals surface area contributed by atoms with Crippen LogP contribution in [0.25, 0.3) is 22.2 Å². The summed E-state index contributed by atoms with van der Waals surface area (Å²) in [5.74, 6) is -0.0897. The standard InChI is InChI=1S/C19H15Cl3N2O/c1-9(23(2)3)14-15-16(22)12(20)8-13(21)18(15)24-17(14)10-6-4-5-7-11(10)19(24)25/h4-9H,1-3H3. The minimum absolute atomic E-state index is 0.0183. The van der Waals surface area contributed by atoms with Gasteiger partial charge < -0.3 is 4.90 Å². The van der Waals surface area contributed by atoms with Gasteiger partial charge in [0.25, 0.3) is 5.91 Å². The minimum Gasteiger partial charge on any atom is -0.303 e. The van der Waals surface area contributed by atoms with Gasteiger partial charge in [-0.3, -0.25) is 9.36 Å². The number of benzene rings is 2. The molecule has 0 bridgehead atoms. The van der Waals surface area contributed by atoms with E-state index < -0.39 is 0 Å². The van der Waals surface area contributed by atoms with Crippen LogP contribution in [0.15, 0.2) is 30.3 Å². The fraction of sp³-hybridized carbons (Fsp3) is 0.211. The third-order valence-corrected chi connectivity index (χ3v) is 6.00. The SMILES string of the molecule is CC(c1c2n(c3c(Cl)cc(Cl)c(Cl)c13)C(=O)c1ccccc1-2)N(C)C. The smallest absolute Gasteiger partial charge is 0.263 e. The van der Waals surface area contributed by atoms with Gasteiger partial charge in [-0.25, -0.2) is 0 Å². The summed E-state index contributed by atoms with van der Waals surface area (Å²) in [6.07, 6.45) is 0. The summed E-state index contributed by atoms with van der Waals surface area (Å²) < 4.78 is 1.68. The van der Waals surface area contributed by atoms with Gasteiger partial charge in [0.1, 0.15) is 0 Å². The molecule has 4 rings (SSSR count). The van der Waals surface area contributed by atoms with Crippen LogP contribution in [-0.2, 0) is 0 Å². The van der Waals surface area contributed by atoms with E-state index in [-0.39, 0.29) is 11.9 Å². The predicted octanol–water partition coefficient (Wildman–Crippen LogP) is 5.89. The quantitative estimate of drug-likeness (QED) is 0.397. The van der Waals surface area contributed by atoms with Crippen molar-refractivity contribution in [2.75, 3.05) is 14.1 Å². The second kappa shape index (κ2) is 5.75. The Morgan fingerprint density at radius 2 is 1.68 bits per heavy atom. The van der Waals surface area contributed by atoms with Gasteiger partial charge in [0.15, 0.2) is 0 Å². The monoisotopic (exact) mass is 392 g/mol. The number of fused-ring (bicyclic) bond motifs is 5. The van der Waals surface area contributed by atoms with Gasteiger partial charge in [-0.15, -0.1) is 0 Å². The first-order valence-electron chi connectivity index (χ1n) is 7.87. The fourth-order valence-electron chi connectivity index (χ4n) is 3.53. The molecule has 1 aliphatic rings. The maximum absolute atomic E-state index is 13.1. The van der Waals surface area contributed by atoms with E-state index in [2.05, 4.69) is 11.8 Å². The van der Waals surface area contributed by atoms with Crippen molar-refractivity contribution in [1.82, 2.24) is 9.47 Å². The van der Waals surface area contributed by atoms with E-state index in [9.17, 15) is 4.79 Å². The number of carbonyl (C=O) groups excluding carboxylic acids is 1. The normalized spacial score (nSPS) is 14.3. The summed E-state index contributed by atoms with van der Waals surface area (Å²) in [5.41, 5.74) is 4.01. The maximum atomic E-state index is 13.1. The third-order valence-electron chi connectivity index (χ3n) is 4.93. The molecule has 0 fully saturated rings. The van der Waals surface area contributed by atoms with Gasteiger partial charge in [-0.2, -0.15) is 0 Å². The van der Waals surface area contributed by atoms with Crippen molar-refractivity contribution in [2.24, 2.45) is 0 Å². The maximum Gasteiger partial charge on any atom is 0.263 e. The van der Waals surface area contributed by atoms with Crippen LogP contribution in [-0.4, -0.2) is 29.5 Å². The van der Waals surface area contributed by atoms with Crippen molar-refractivity contribution in [1.29, 1.82) is 0 Å². The van der Waals surface area contributed by atoms with E-state index in [1.165, 1.54) is 0 Å². The van der Waals surface area contributed by atoms with Gasteiger partial charge in [-0.05, 0) is 33.2 Å². The number of halogens is 3. The van der Waals surface area contributed by atoms with Gasteiger partial charge in [0, 0.05) is 28.1 Å². The van der Waals surface area contributed by atoms with Gasteiger partial charge in [-0.1, -0.05) is 53.0 Å².